The Morgan fingerprint density at radius 2 is 1.86 bits per heavy atom. The molecule has 0 bridgehead atoms. The molecule has 0 radical (unpaired) electrons. The van der Waals surface area contributed by atoms with Crippen LogP contribution in [0.25, 0.3) is 0 Å². The van der Waals surface area contributed by atoms with Crippen molar-refractivity contribution in [3.05, 3.63) is 28.2 Å². The predicted molar refractivity (Wildman–Crippen MR) is 95.1 cm³/mol. The number of nitrogens with one attached hydrogen (secondary N) is 1. The zero-order chi connectivity index (χ0) is 15.1. The van der Waals surface area contributed by atoms with E-state index in [0.29, 0.717) is 0 Å². The Balaban J connectivity index is 1.92. The number of halogens is 1. The maximum atomic E-state index is 3.75. The van der Waals surface area contributed by atoms with Crippen LogP contribution in [0.4, 0.5) is 5.69 Å². The standard InChI is InChI=1S/C17H28BrN3/c1-3-7-19-14-15-5-6-17(16(18)13-15)21-11-9-20(8-4-2)10-12-21/h5-6,13,19H,3-4,7-12,14H2,1-2H3. The summed E-state index contributed by atoms with van der Waals surface area (Å²) in [6.45, 7) is 12.4. The lowest BCUT2D eigenvalue weighted by atomic mass is 10.1. The maximum absolute atomic E-state index is 3.75. The lowest BCUT2D eigenvalue weighted by Gasteiger charge is -2.36. The molecule has 0 aliphatic carbocycles. The molecule has 1 aromatic rings. The average Bonchev–Trinajstić information content (AvgIpc) is 2.49. The summed E-state index contributed by atoms with van der Waals surface area (Å²) in [6.07, 6.45) is 2.43. The summed E-state index contributed by atoms with van der Waals surface area (Å²) in [5.74, 6) is 0. The van der Waals surface area contributed by atoms with Crippen molar-refractivity contribution < 1.29 is 0 Å². The zero-order valence-electron chi connectivity index (χ0n) is 13.4. The molecule has 1 heterocycles. The molecule has 4 heteroatoms. The minimum atomic E-state index is 0.955. The maximum Gasteiger partial charge on any atom is 0.0511 e. The smallest absolute Gasteiger partial charge is 0.0511 e. The monoisotopic (exact) mass is 353 g/mol. The van der Waals surface area contributed by atoms with Crippen molar-refractivity contribution >= 4 is 21.6 Å². The van der Waals surface area contributed by atoms with E-state index in [4.69, 9.17) is 0 Å². The van der Waals surface area contributed by atoms with E-state index >= 15 is 0 Å². The minimum Gasteiger partial charge on any atom is -0.368 e. The van der Waals surface area contributed by atoms with Gasteiger partial charge in [0.05, 0.1) is 5.69 Å². The molecule has 1 N–H and O–H groups in total. The Kier molecular flexibility index (Phi) is 7.00. The van der Waals surface area contributed by atoms with Gasteiger partial charge in [-0.3, -0.25) is 4.90 Å². The van der Waals surface area contributed by atoms with Gasteiger partial charge < -0.3 is 10.2 Å². The van der Waals surface area contributed by atoms with Crippen molar-refractivity contribution in [1.82, 2.24) is 10.2 Å². The fourth-order valence-corrected chi connectivity index (χ4v) is 3.53. The van der Waals surface area contributed by atoms with Gasteiger partial charge in [-0.25, -0.2) is 0 Å². The topological polar surface area (TPSA) is 18.5 Å². The Morgan fingerprint density at radius 1 is 1.10 bits per heavy atom. The van der Waals surface area contributed by atoms with E-state index in [2.05, 4.69) is 63.1 Å². The number of benzene rings is 1. The largest absolute Gasteiger partial charge is 0.368 e. The number of hydrogen-bond acceptors (Lipinski definition) is 3. The van der Waals surface area contributed by atoms with Crippen molar-refractivity contribution in [1.29, 1.82) is 0 Å². The fourth-order valence-electron chi connectivity index (χ4n) is 2.85. The SMILES string of the molecule is CCCNCc1ccc(N2CCN(CCC)CC2)c(Br)c1. The molecule has 1 aliphatic heterocycles. The van der Waals surface area contributed by atoms with Crippen LogP contribution in [0.15, 0.2) is 22.7 Å². The second-order valence-corrected chi connectivity index (χ2v) is 6.65. The third kappa shape index (κ3) is 4.97. The quantitative estimate of drug-likeness (QED) is 0.757. The molecule has 0 unspecified atom stereocenters. The van der Waals surface area contributed by atoms with Crippen LogP contribution in [0, 0.1) is 0 Å². The van der Waals surface area contributed by atoms with Gasteiger partial charge in [0.1, 0.15) is 0 Å². The van der Waals surface area contributed by atoms with Gasteiger partial charge in [-0.2, -0.15) is 0 Å². The fraction of sp³-hybridized carbons (Fsp3) is 0.647. The normalized spacial score (nSPS) is 16.4. The Hall–Kier alpha value is -0.580. The highest BCUT2D eigenvalue weighted by molar-refractivity contribution is 9.10. The Bertz CT molecular complexity index is 428. The first-order valence-corrected chi connectivity index (χ1v) is 9.00. The molecule has 1 aromatic carbocycles. The molecule has 3 nitrogen and oxygen atoms in total. The van der Waals surface area contributed by atoms with Gasteiger partial charge in [-0.1, -0.05) is 19.9 Å². The summed E-state index contributed by atoms with van der Waals surface area (Å²) in [6, 6.07) is 6.78. The van der Waals surface area contributed by atoms with Crippen LogP contribution in [0.5, 0.6) is 0 Å². The molecule has 1 aliphatic rings. The highest BCUT2D eigenvalue weighted by Gasteiger charge is 2.18. The summed E-state index contributed by atoms with van der Waals surface area (Å²) < 4.78 is 1.22. The summed E-state index contributed by atoms with van der Waals surface area (Å²) in [4.78, 5) is 5.06. The molecule has 0 atom stereocenters. The summed E-state index contributed by atoms with van der Waals surface area (Å²) in [5, 5.41) is 3.46. The molecule has 0 saturated carbocycles. The van der Waals surface area contributed by atoms with Crippen LogP contribution >= 0.6 is 15.9 Å². The average molecular weight is 354 g/mol. The number of rotatable bonds is 7. The van der Waals surface area contributed by atoms with Crippen molar-refractivity contribution in [3.8, 4) is 0 Å². The lowest BCUT2D eigenvalue weighted by Crippen LogP contribution is -2.46. The third-order valence-corrected chi connectivity index (χ3v) is 4.66. The first-order valence-electron chi connectivity index (χ1n) is 8.21. The molecular formula is C17H28BrN3. The lowest BCUT2D eigenvalue weighted by molar-refractivity contribution is 0.258. The van der Waals surface area contributed by atoms with Gasteiger partial charge in [-0.15, -0.1) is 0 Å². The molecule has 2 rings (SSSR count). The number of nitrogens with zero attached hydrogens (tertiary/aromatic N) is 2. The van der Waals surface area contributed by atoms with Crippen molar-refractivity contribution in [3.63, 3.8) is 0 Å². The van der Waals surface area contributed by atoms with Gasteiger partial charge in [0.2, 0.25) is 0 Å². The van der Waals surface area contributed by atoms with E-state index < -0.39 is 0 Å². The van der Waals surface area contributed by atoms with Gasteiger partial charge in [0.25, 0.3) is 0 Å². The van der Waals surface area contributed by atoms with E-state index in [0.717, 1.165) is 26.2 Å². The van der Waals surface area contributed by atoms with E-state index in [1.807, 2.05) is 0 Å². The van der Waals surface area contributed by atoms with Gasteiger partial charge in [-0.05, 0) is 59.6 Å². The molecule has 1 fully saturated rings. The zero-order valence-corrected chi connectivity index (χ0v) is 15.0. The van der Waals surface area contributed by atoms with Gasteiger partial charge in [0, 0.05) is 37.2 Å². The van der Waals surface area contributed by atoms with E-state index in [1.165, 1.54) is 48.2 Å². The second kappa shape index (κ2) is 8.76. The molecule has 0 amide bonds. The Morgan fingerprint density at radius 3 is 2.48 bits per heavy atom. The minimum absolute atomic E-state index is 0.955. The number of anilines is 1. The van der Waals surface area contributed by atoms with Crippen LogP contribution in [0.1, 0.15) is 32.3 Å². The number of hydrogen-bond donors (Lipinski definition) is 1. The first-order chi connectivity index (χ1) is 10.2. The predicted octanol–water partition coefficient (Wildman–Crippen LogP) is 3.48. The first kappa shape index (κ1) is 16.8. The highest BCUT2D eigenvalue weighted by atomic mass is 79.9. The summed E-state index contributed by atoms with van der Waals surface area (Å²) >= 11 is 3.75. The van der Waals surface area contributed by atoms with Gasteiger partial charge >= 0.3 is 0 Å². The second-order valence-electron chi connectivity index (χ2n) is 5.79. The van der Waals surface area contributed by atoms with Crippen LogP contribution in [0.2, 0.25) is 0 Å². The molecule has 0 aromatic heterocycles. The van der Waals surface area contributed by atoms with Crippen LogP contribution in [0.3, 0.4) is 0 Å². The van der Waals surface area contributed by atoms with E-state index in [-0.39, 0.29) is 0 Å². The summed E-state index contributed by atoms with van der Waals surface area (Å²) in [7, 11) is 0. The molecule has 1 saturated heterocycles. The molecule has 0 spiro atoms. The molecular weight excluding hydrogens is 326 g/mol. The van der Waals surface area contributed by atoms with Crippen molar-refractivity contribution in [2.75, 3.05) is 44.2 Å². The summed E-state index contributed by atoms with van der Waals surface area (Å²) in [5.41, 5.74) is 2.69. The van der Waals surface area contributed by atoms with Crippen LogP contribution < -0.4 is 10.2 Å². The number of piperazine rings is 1. The molecule has 118 valence electrons. The van der Waals surface area contributed by atoms with Crippen LogP contribution in [-0.2, 0) is 6.54 Å². The van der Waals surface area contributed by atoms with Crippen molar-refractivity contribution in [2.45, 2.75) is 33.2 Å². The van der Waals surface area contributed by atoms with Crippen LogP contribution in [-0.4, -0.2) is 44.2 Å². The van der Waals surface area contributed by atoms with E-state index in [9.17, 15) is 0 Å². The van der Waals surface area contributed by atoms with E-state index in [1.54, 1.807) is 0 Å². The Labute approximate surface area is 137 Å². The third-order valence-electron chi connectivity index (χ3n) is 4.02. The highest BCUT2D eigenvalue weighted by Crippen LogP contribution is 2.28. The van der Waals surface area contributed by atoms with Gasteiger partial charge in [0.15, 0.2) is 0 Å². The van der Waals surface area contributed by atoms with Crippen molar-refractivity contribution in [2.24, 2.45) is 0 Å². The molecule has 21 heavy (non-hydrogen) atoms.